The minimum atomic E-state index is -3.10. The van der Waals surface area contributed by atoms with Crippen LogP contribution in [0.15, 0.2) is 0 Å². The lowest BCUT2D eigenvalue weighted by atomic mass is 9.94. The highest BCUT2D eigenvalue weighted by atomic mass is 35.5. The van der Waals surface area contributed by atoms with Crippen LogP contribution in [0.4, 0.5) is 0 Å². The van der Waals surface area contributed by atoms with Gasteiger partial charge >= 0.3 is 0 Å². The standard InChI is InChI=1S/C12H24ClNO2S/c1-10-9-14(7-5-11(10)13)17(15,16)8-6-12(2,3)4/h10-11H,5-9H2,1-4H3. The zero-order valence-corrected chi connectivity index (χ0v) is 12.8. The Morgan fingerprint density at radius 2 is 1.94 bits per heavy atom. The van der Waals surface area contributed by atoms with Crippen molar-refractivity contribution in [1.29, 1.82) is 0 Å². The largest absolute Gasteiger partial charge is 0.214 e. The van der Waals surface area contributed by atoms with E-state index in [1.54, 1.807) is 4.31 Å². The summed E-state index contributed by atoms with van der Waals surface area (Å²) in [6, 6.07) is 0. The fourth-order valence-electron chi connectivity index (χ4n) is 1.90. The Labute approximate surface area is 111 Å². The third-order valence-corrected chi connectivity index (χ3v) is 5.75. The topological polar surface area (TPSA) is 37.4 Å². The van der Waals surface area contributed by atoms with Gasteiger partial charge in [0.05, 0.1) is 5.75 Å². The van der Waals surface area contributed by atoms with Crippen LogP contribution in [0.1, 0.15) is 40.5 Å². The van der Waals surface area contributed by atoms with Crippen LogP contribution >= 0.6 is 11.6 Å². The van der Waals surface area contributed by atoms with Crippen LogP contribution < -0.4 is 0 Å². The molecule has 0 aromatic rings. The first kappa shape index (κ1) is 15.3. The predicted molar refractivity (Wildman–Crippen MR) is 72.9 cm³/mol. The van der Waals surface area contributed by atoms with Gasteiger partial charge in [-0.1, -0.05) is 27.7 Å². The fraction of sp³-hybridized carbons (Fsp3) is 1.00. The molecule has 0 N–H and O–H groups in total. The van der Waals surface area contributed by atoms with Crippen molar-refractivity contribution in [1.82, 2.24) is 4.31 Å². The van der Waals surface area contributed by atoms with Gasteiger partial charge in [-0.05, 0) is 24.2 Å². The molecule has 0 aliphatic carbocycles. The number of alkyl halides is 1. The Kier molecular flexibility index (Phi) is 4.89. The lowest BCUT2D eigenvalue weighted by Gasteiger charge is -2.33. The molecule has 2 atom stereocenters. The lowest BCUT2D eigenvalue weighted by Crippen LogP contribution is -2.44. The average Bonchev–Trinajstić information content (AvgIpc) is 2.18. The van der Waals surface area contributed by atoms with Crippen LogP contribution in [0.5, 0.6) is 0 Å². The predicted octanol–water partition coefficient (Wildman–Crippen LogP) is 2.70. The molecule has 1 fully saturated rings. The number of piperidine rings is 1. The molecule has 5 heteroatoms. The molecule has 0 amide bonds. The number of halogens is 1. The summed E-state index contributed by atoms with van der Waals surface area (Å²) in [7, 11) is -3.10. The molecule has 102 valence electrons. The second-order valence-electron chi connectivity index (χ2n) is 6.27. The summed E-state index contributed by atoms with van der Waals surface area (Å²) >= 11 is 6.11. The van der Waals surface area contributed by atoms with Crippen molar-refractivity contribution in [2.45, 2.75) is 45.9 Å². The Morgan fingerprint density at radius 3 is 2.41 bits per heavy atom. The molecular formula is C12H24ClNO2S. The van der Waals surface area contributed by atoms with E-state index in [1.807, 2.05) is 6.92 Å². The quantitative estimate of drug-likeness (QED) is 0.746. The molecule has 1 aliphatic rings. The van der Waals surface area contributed by atoms with Crippen molar-refractivity contribution < 1.29 is 8.42 Å². The average molecular weight is 282 g/mol. The van der Waals surface area contributed by atoms with E-state index in [4.69, 9.17) is 11.6 Å². The van der Waals surface area contributed by atoms with Gasteiger partial charge in [-0.2, -0.15) is 0 Å². The maximum absolute atomic E-state index is 12.2. The fourth-order valence-corrected chi connectivity index (χ4v) is 4.05. The van der Waals surface area contributed by atoms with E-state index in [-0.39, 0.29) is 22.5 Å². The van der Waals surface area contributed by atoms with Gasteiger partial charge in [0.15, 0.2) is 0 Å². The van der Waals surface area contributed by atoms with Crippen molar-refractivity contribution in [3.8, 4) is 0 Å². The minimum absolute atomic E-state index is 0.0590. The van der Waals surface area contributed by atoms with Crippen LogP contribution in [-0.4, -0.2) is 36.9 Å². The van der Waals surface area contributed by atoms with Gasteiger partial charge in [-0.15, -0.1) is 11.6 Å². The van der Waals surface area contributed by atoms with E-state index in [9.17, 15) is 8.42 Å². The maximum atomic E-state index is 12.2. The zero-order chi connectivity index (χ0) is 13.3. The SMILES string of the molecule is CC1CN(S(=O)(=O)CCC(C)(C)C)CCC1Cl. The summed E-state index contributed by atoms with van der Waals surface area (Å²) < 4.78 is 25.9. The molecule has 3 nitrogen and oxygen atoms in total. The number of nitrogens with zero attached hydrogens (tertiary/aromatic N) is 1. The molecule has 2 unspecified atom stereocenters. The molecule has 0 aromatic heterocycles. The van der Waals surface area contributed by atoms with E-state index >= 15 is 0 Å². The summed E-state index contributed by atoms with van der Waals surface area (Å²) in [5.41, 5.74) is 0.0590. The van der Waals surface area contributed by atoms with Crippen LogP contribution in [0.25, 0.3) is 0 Å². The first-order valence-corrected chi connectivity index (χ1v) is 8.28. The maximum Gasteiger partial charge on any atom is 0.214 e. The lowest BCUT2D eigenvalue weighted by molar-refractivity contribution is 0.283. The van der Waals surface area contributed by atoms with E-state index in [0.29, 0.717) is 19.5 Å². The molecule has 17 heavy (non-hydrogen) atoms. The highest BCUT2D eigenvalue weighted by molar-refractivity contribution is 7.89. The molecule has 0 radical (unpaired) electrons. The summed E-state index contributed by atoms with van der Waals surface area (Å²) in [6.07, 6.45) is 1.46. The van der Waals surface area contributed by atoms with Gasteiger partial charge in [0.25, 0.3) is 0 Å². The Bertz CT molecular complexity index is 348. The van der Waals surface area contributed by atoms with Crippen LogP contribution in [0.3, 0.4) is 0 Å². The Hall–Kier alpha value is 0.200. The van der Waals surface area contributed by atoms with E-state index in [2.05, 4.69) is 20.8 Å². The third kappa shape index (κ3) is 4.76. The van der Waals surface area contributed by atoms with Crippen molar-refractivity contribution in [3.63, 3.8) is 0 Å². The molecule has 0 saturated carbocycles. The highest BCUT2D eigenvalue weighted by Gasteiger charge is 2.32. The smallest absolute Gasteiger partial charge is 0.212 e. The van der Waals surface area contributed by atoms with Gasteiger partial charge in [-0.25, -0.2) is 12.7 Å². The van der Waals surface area contributed by atoms with Crippen molar-refractivity contribution in [2.75, 3.05) is 18.8 Å². The van der Waals surface area contributed by atoms with Gasteiger partial charge in [-0.3, -0.25) is 0 Å². The van der Waals surface area contributed by atoms with Crippen molar-refractivity contribution in [3.05, 3.63) is 0 Å². The van der Waals surface area contributed by atoms with Crippen molar-refractivity contribution in [2.24, 2.45) is 11.3 Å². The molecular weight excluding hydrogens is 258 g/mol. The van der Waals surface area contributed by atoms with E-state index in [1.165, 1.54) is 0 Å². The van der Waals surface area contributed by atoms with E-state index in [0.717, 1.165) is 6.42 Å². The first-order chi connectivity index (χ1) is 7.62. The molecule has 0 aromatic carbocycles. The summed E-state index contributed by atoms with van der Waals surface area (Å²) in [6.45, 7) is 9.36. The van der Waals surface area contributed by atoms with Crippen LogP contribution in [0, 0.1) is 11.3 Å². The molecule has 1 rings (SSSR count). The third-order valence-electron chi connectivity index (χ3n) is 3.27. The normalized spacial score (nSPS) is 28.3. The second-order valence-corrected chi connectivity index (χ2v) is 8.92. The second kappa shape index (κ2) is 5.45. The number of sulfonamides is 1. The Morgan fingerprint density at radius 1 is 1.35 bits per heavy atom. The number of hydrogen-bond acceptors (Lipinski definition) is 2. The van der Waals surface area contributed by atoms with Gasteiger partial charge in [0.1, 0.15) is 0 Å². The highest BCUT2D eigenvalue weighted by Crippen LogP contribution is 2.26. The molecule has 1 aliphatic heterocycles. The zero-order valence-electron chi connectivity index (χ0n) is 11.2. The molecule has 0 bridgehead atoms. The van der Waals surface area contributed by atoms with Gasteiger partial charge in [0, 0.05) is 18.5 Å². The van der Waals surface area contributed by atoms with Crippen molar-refractivity contribution >= 4 is 21.6 Å². The number of hydrogen-bond donors (Lipinski definition) is 0. The number of rotatable bonds is 3. The minimum Gasteiger partial charge on any atom is -0.212 e. The summed E-state index contributed by atoms with van der Waals surface area (Å²) in [5.74, 6) is 0.491. The Balaban J connectivity index is 2.59. The van der Waals surface area contributed by atoms with Gasteiger partial charge < -0.3 is 0 Å². The van der Waals surface area contributed by atoms with Crippen LogP contribution in [0.2, 0.25) is 0 Å². The monoisotopic (exact) mass is 281 g/mol. The van der Waals surface area contributed by atoms with Crippen LogP contribution in [-0.2, 0) is 10.0 Å². The van der Waals surface area contributed by atoms with Gasteiger partial charge in [0.2, 0.25) is 10.0 Å². The summed E-state index contributed by atoms with van der Waals surface area (Å²) in [5, 5.41) is 0.115. The summed E-state index contributed by atoms with van der Waals surface area (Å²) in [4.78, 5) is 0. The molecule has 1 heterocycles. The van der Waals surface area contributed by atoms with E-state index < -0.39 is 10.0 Å². The molecule has 1 saturated heterocycles. The molecule has 0 spiro atoms. The first-order valence-electron chi connectivity index (χ1n) is 6.24.